The summed E-state index contributed by atoms with van der Waals surface area (Å²) in [5.74, 6) is -2.40. The molecule has 0 bridgehead atoms. The monoisotopic (exact) mass is 394 g/mol. The minimum absolute atomic E-state index is 0.355. The molecule has 3 rings (SSSR count). The second kappa shape index (κ2) is 8.31. The highest BCUT2D eigenvalue weighted by molar-refractivity contribution is 5.95. The van der Waals surface area contributed by atoms with Gasteiger partial charge >= 0.3 is 6.18 Å². The van der Waals surface area contributed by atoms with Crippen molar-refractivity contribution in [3.8, 4) is 0 Å². The van der Waals surface area contributed by atoms with Gasteiger partial charge in [-0.2, -0.15) is 13.2 Å². The van der Waals surface area contributed by atoms with Crippen molar-refractivity contribution < 1.29 is 22.4 Å². The van der Waals surface area contributed by atoms with Crippen molar-refractivity contribution in [2.24, 2.45) is 0 Å². The lowest BCUT2D eigenvalue weighted by atomic mass is 10.0. The Morgan fingerprint density at radius 2 is 1.89 bits per heavy atom. The summed E-state index contributed by atoms with van der Waals surface area (Å²) in [7, 11) is 0. The van der Waals surface area contributed by atoms with Crippen LogP contribution in [-0.4, -0.2) is 29.9 Å². The first-order chi connectivity index (χ1) is 13.3. The van der Waals surface area contributed by atoms with Gasteiger partial charge in [0.25, 0.3) is 5.91 Å². The lowest BCUT2D eigenvalue weighted by Crippen LogP contribution is -2.39. The number of alkyl halides is 3. The number of benzene rings is 2. The Bertz CT molecular complexity index is 823. The van der Waals surface area contributed by atoms with Crippen molar-refractivity contribution in [2.45, 2.75) is 38.0 Å². The second-order valence-electron chi connectivity index (χ2n) is 7.09. The van der Waals surface area contributed by atoms with Gasteiger partial charge in [-0.3, -0.25) is 9.69 Å². The van der Waals surface area contributed by atoms with Crippen molar-refractivity contribution >= 4 is 5.91 Å². The Morgan fingerprint density at radius 3 is 2.50 bits per heavy atom. The van der Waals surface area contributed by atoms with Crippen LogP contribution in [0.5, 0.6) is 0 Å². The quantitative estimate of drug-likeness (QED) is 0.739. The SMILES string of the molecule is CC1CCCN1C[C@@H](NC(=O)c1cccc(C(F)(F)F)c1F)c1ccccc1. The zero-order valence-electron chi connectivity index (χ0n) is 15.5. The minimum Gasteiger partial charge on any atom is -0.344 e. The molecule has 0 spiro atoms. The maximum atomic E-state index is 14.3. The van der Waals surface area contributed by atoms with Crippen LogP contribution in [0.1, 0.15) is 47.3 Å². The van der Waals surface area contributed by atoms with Crippen molar-refractivity contribution in [1.29, 1.82) is 0 Å². The Hall–Kier alpha value is -2.41. The van der Waals surface area contributed by atoms with Crippen LogP contribution in [0.2, 0.25) is 0 Å². The highest BCUT2D eigenvalue weighted by Gasteiger charge is 2.36. The van der Waals surface area contributed by atoms with Crippen LogP contribution in [0.25, 0.3) is 0 Å². The smallest absolute Gasteiger partial charge is 0.344 e. The van der Waals surface area contributed by atoms with Crippen LogP contribution in [0, 0.1) is 5.82 Å². The van der Waals surface area contributed by atoms with E-state index < -0.39 is 35.1 Å². The molecule has 3 nitrogen and oxygen atoms in total. The molecule has 1 unspecified atom stereocenters. The van der Waals surface area contributed by atoms with E-state index in [1.807, 2.05) is 30.3 Å². The number of rotatable bonds is 5. The number of amides is 1. The molecule has 0 aromatic heterocycles. The van der Waals surface area contributed by atoms with E-state index in [4.69, 9.17) is 0 Å². The van der Waals surface area contributed by atoms with Gasteiger partial charge < -0.3 is 5.32 Å². The predicted octanol–water partition coefficient (Wildman–Crippen LogP) is 4.80. The van der Waals surface area contributed by atoms with E-state index in [0.29, 0.717) is 18.7 Å². The average Bonchev–Trinajstić information content (AvgIpc) is 3.05. The maximum absolute atomic E-state index is 14.3. The summed E-state index contributed by atoms with van der Waals surface area (Å²) >= 11 is 0. The summed E-state index contributed by atoms with van der Waals surface area (Å²) in [6.45, 7) is 3.50. The molecular weight excluding hydrogens is 372 g/mol. The molecule has 0 radical (unpaired) electrons. The van der Waals surface area contributed by atoms with Gasteiger partial charge in [-0.25, -0.2) is 4.39 Å². The molecule has 28 heavy (non-hydrogen) atoms. The molecule has 2 aromatic carbocycles. The molecule has 1 aliphatic heterocycles. The fraction of sp³-hybridized carbons (Fsp3) is 0.381. The van der Waals surface area contributed by atoms with Crippen LogP contribution in [0.4, 0.5) is 17.6 Å². The summed E-state index contributed by atoms with van der Waals surface area (Å²) in [5, 5.41) is 2.73. The van der Waals surface area contributed by atoms with Gasteiger partial charge in [0.15, 0.2) is 0 Å². The molecular formula is C21H22F4N2O. The van der Waals surface area contributed by atoms with E-state index in [1.165, 1.54) is 0 Å². The van der Waals surface area contributed by atoms with E-state index in [0.717, 1.165) is 37.1 Å². The van der Waals surface area contributed by atoms with Crippen LogP contribution in [0.15, 0.2) is 48.5 Å². The summed E-state index contributed by atoms with van der Waals surface area (Å²) in [5.41, 5.74) is -1.22. The van der Waals surface area contributed by atoms with Gasteiger partial charge in [-0.1, -0.05) is 36.4 Å². The van der Waals surface area contributed by atoms with Crippen LogP contribution >= 0.6 is 0 Å². The third-order valence-electron chi connectivity index (χ3n) is 5.16. The number of halogens is 4. The lowest BCUT2D eigenvalue weighted by molar-refractivity contribution is -0.140. The van der Waals surface area contributed by atoms with Gasteiger partial charge in [0.1, 0.15) is 5.82 Å². The number of nitrogens with one attached hydrogen (secondary N) is 1. The number of likely N-dealkylation sites (tertiary alicyclic amines) is 1. The predicted molar refractivity (Wildman–Crippen MR) is 98.3 cm³/mol. The standard InChI is InChI=1S/C21H22F4N2O/c1-14-7-6-12-27(14)13-18(15-8-3-2-4-9-15)26-20(28)16-10-5-11-17(19(16)22)21(23,24)25/h2-5,8-11,14,18H,6-7,12-13H2,1H3,(H,26,28)/t14?,18-/m1/s1. The van der Waals surface area contributed by atoms with Gasteiger partial charge in [0.05, 0.1) is 17.2 Å². The Balaban J connectivity index is 1.85. The first-order valence-corrected chi connectivity index (χ1v) is 9.23. The average molecular weight is 394 g/mol. The molecule has 1 N–H and O–H groups in total. The summed E-state index contributed by atoms with van der Waals surface area (Å²) < 4.78 is 53.2. The van der Waals surface area contributed by atoms with Crippen LogP contribution in [0.3, 0.4) is 0 Å². The van der Waals surface area contributed by atoms with Crippen molar-refractivity contribution in [3.05, 3.63) is 71.0 Å². The fourth-order valence-electron chi connectivity index (χ4n) is 3.58. The third kappa shape index (κ3) is 4.52. The lowest BCUT2D eigenvalue weighted by Gasteiger charge is -2.28. The van der Waals surface area contributed by atoms with Crippen molar-refractivity contribution in [1.82, 2.24) is 10.2 Å². The molecule has 2 aromatic rings. The molecule has 1 heterocycles. The number of hydrogen-bond donors (Lipinski definition) is 1. The van der Waals surface area contributed by atoms with Crippen LogP contribution < -0.4 is 5.32 Å². The Morgan fingerprint density at radius 1 is 1.18 bits per heavy atom. The Labute approximate surface area is 161 Å². The molecule has 150 valence electrons. The number of nitrogens with zero attached hydrogens (tertiary/aromatic N) is 1. The number of hydrogen-bond acceptors (Lipinski definition) is 2. The summed E-state index contributed by atoms with van der Waals surface area (Å²) in [6, 6.07) is 11.8. The van der Waals surface area contributed by atoms with Gasteiger partial charge in [-0.05, 0) is 44.0 Å². The van der Waals surface area contributed by atoms with Crippen molar-refractivity contribution in [2.75, 3.05) is 13.1 Å². The van der Waals surface area contributed by atoms with E-state index in [-0.39, 0.29) is 0 Å². The number of carbonyl (C=O) groups excluding carboxylic acids is 1. The molecule has 7 heteroatoms. The maximum Gasteiger partial charge on any atom is 0.419 e. The molecule has 0 aliphatic carbocycles. The topological polar surface area (TPSA) is 32.3 Å². The molecule has 1 amide bonds. The zero-order valence-corrected chi connectivity index (χ0v) is 15.5. The molecule has 0 saturated carbocycles. The number of carbonyl (C=O) groups is 1. The Kier molecular flexibility index (Phi) is 6.03. The van der Waals surface area contributed by atoms with E-state index >= 15 is 0 Å². The van der Waals surface area contributed by atoms with Gasteiger partial charge in [0, 0.05) is 12.6 Å². The highest BCUT2D eigenvalue weighted by atomic mass is 19.4. The van der Waals surface area contributed by atoms with E-state index in [2.05, 4.69) is 17.1 Å². The normalized spacial score (nSPS) is 18.8. The third-order valence-corrected chi connectivity index (χ3v) is 5.16. The molecule has 1 aliphatic rings. The molecule has 1 saturated heterocycles. The van der Waals surface area contributed by atoms with Gasteiger partial charge in [0.2, 0.25) is 0 Å². The minimum atomic E-state index is -4.86. The first-order valence-electron chi connectivity index (χ1n) is 9.23. The van der Waals surface area contributed by atoms with Crippen LogP contribution in [-0.2, 0) is 6.18 Å². The molecule has 1 fully saturated rings. The highest BCUT2D eigenvalue weighted by Crippen LogP contribution is 2.32. The summed E-state index contributed by atoms with van der Waals surface area (Å²) in [6.07, 6.45) is -2.75. The van der Waals surface area contributed by atoms with E-state index in [1.54, 1.807) is 0 Å². The van der Waals surface area contributed by atoms with Gasteiger partial charge in [-0.15, -0.1) is 0 Å². The van der Waals surface area contributed by atoms with Crippen molar-refractivity contribution in [3.63, 3.8) is 0 Å². The second-order valence-corrected chi connectivity index (χ2v) is 7.09. The molecule has 2 atom stereocenters. The fourth-order valence-corrected chi connectivity index (χ4v) is 3.58. The first kappa shape index (κ1) is 20.3. The summed E-state index contributed by atoms with van der Waals surface area (Å²) in [4.78, 5) is 14.9. The van der Waals surface area contributed by atoms with E-state index in [9.17, 15) is 22.4 Å². The largest absolute Gasteiger partial charge is 0.419 e. The zero-order chi connectivity index (χ0) is 20.3.